The van der Waals surface area contributed by atoms with Gasteiger partial charge in [0.1, 0.15) is 48.1 Å². The number of hydrogen-bond donors (Lipinski definition) is 0. The summed E-state index contributed by atoms with van der Waals surface area (Å²) < 4.78 is 24.0. The van der Waals surface area contributed by atoms with Gasteiger partial charge in [-0.05, 0) is 48.2 Å². The van der Waals surface area contributed by atoms with Crippen LogP contribution in [0.1, 0.15) is 60.1 Å². The lowest BCUT2D eigenvalue weighted by Gasteiger charge is -2.23. The Morgan fingerprint density at radius 3 is 1.46 bits per heavy atom. The smallest absolute Gasteiger partial charge is 0.331 e. The molecule has 0 saturated carbocycles. The van der Waals surface area contributed by atoms with Gasteiger partial charge in [-0.3, -0.25) is 9.80 Å². The predicted molar refractivity (Wildman–Crippen MR) is 212 cm³/mol. The van der Waals surface area contributed by atoms with E-state index in [9.17, 15) is 20.1 Å². The molecule has 2 aliphatic heterocycles. The molecule has 2 saturated heterocycles. The maximum atomic E-state index is 12.7. The molecule has 0 amide bonds. The molecule has 4 aromatic rings. The van der Waals surface area contributed by atoms with Gasteiger partial charge < -0.3 is 18.9 Å². The molecule has 4 aromatic carbocycles. The topological polar surface area (TPSA) is 125 Å². The normalized spacial score (nSPS) is 18.1. The number of halogens is 2. The van der Waals surface area contributed by atoms with Crippen molar-refractivity contribution in [3.63, 3.8) is 0 Å². The van der Waals surface area contributed by atoms with Crippen molar-refractivity contribution in [2.24, 2.45) is 0 Å². The second-order valence-electron chi connectivity index (χ2n) is 13.7. The highest BCUT2D eigenvalue weighted by atomic mass is 35.5. The van der Waals surface area contributed by atoms with Crippen molar-refractivity contribution in [1.82, 2.24) is 9.80 Å². The molecule has 0 N–H and O–H groups in total. The fourth-order valence-corrected chi connectivity index (χ4v) is 7.26. The van der Waals surface area contributed by atoms with Gasteiger partial charge in [0.15, 0.2) is 0 Å². The molecule has 0 radical (unpaired) electrons. The van der Waals surface area contributed by atoms with E-state index in [0.29, 0.717) is 84.5 Å². The zero-order valence-electron chi connectivity index (χ0n) is 30.8. The van der Waals surface area contributed by atoms with E-state index in [-0.39, 0.29) is 24.4 Å². The van der Waals surface area contributed by atoms with Crippen LogP contribution < -0.4 is 9.47 Å². The summed E-state index contributed by atoms with van der Waals surface area (Å²) in [6.45, 7) is 3.95. The fourth-order valence-electron chi connectivity index (χ4n) is 6.94. The first-order chi connectivity index (χ1) is 27.3. The highest BCUT2D eigenvalue weighted by Crippen LogP contribution is 2.32. The molecule has 2 fully saturated rings. The van der Waals surface area contributed by atoms with E-state index in [4.69, 9.17) is 42.1 Å². The summed E-state index contributed by atoms with van der Waals surface area (Å²) in [6.07, 6.45) is 3.61. The zero-order valence-corrected chi connectivity index (χ0v) is 32.3. The van der Waals surface area contributed by atoms with E-state index in [1.165, 1.54) is 0 Å². The minimum atomic E-state index is -0.594. The zero-order chi connectivity index (χ0) is 39.3. The standard InChI is InChI=1S/C44H42Cl2N4O6/c45-35-13-11-33(27-47)41(25-35)55-39(31-7-3-1-4-8-31)19-23-49-21-17-37(29-49)53-43(51)15-16-44(52)54-38-18-22-50(30-38)24-20-40(32-9-5-2-6-10-32)56-42-26-36(46)14-12-34(42)28-48/h1-16,25-26,37-40H,17-24,29-30H2/b16-15+/t37-,38-,39-,40-/m1/s1. The van der Waals surface area contributed by atoms with E-state index >= 15 is 0 Å². The monoisotopic (exact) mass is 792 g/mol. The molecule has 2 heterocycles. The molecule has 0 aliphatic carbocycles. The van der Waals surface area contributed by atoms with E-state index in [1.54, 1.807) is 36.4 Å². The van der Waals surface area contributed by atoms with Crippen LogP contribution in [0.15, 0.2) is 109 Å². The Bertz CT molecular complexity index is 1920. The Labute approximate surface area is 337 Å². The molecule has 6 rings (SSSR count). The van der Waals surface area contributed by atoms with Gasteiger partial charge in [0.25, 0.3) is 0 Å². The van der Waals surface area contributed by atoms with Crippen LogP contribution in [-0.4, -0.2) is 73.2 Å². The van der Waals surface area contributed by atoms with Crippen LogP contribution in [0.5, 0.6) is 11.5 Å². The SMILES string of the molecule is N#Cc1ccc(Cl)cc1O[C@H](CCN1CC[C@@H](OC(=O)/C=C/C(=O)O[C@@H]2CCN(CC[C@@H](Oc3cc(Cl)ccc3C#N)c3ccccc3)C2)C1)c1ccccc1. The van der Waals surface area contributed by atoms with Crippen LogP contribution in [0.3, 0.4) is 0 Å². The van der Waals surface area contributed by atoms with Crippen molar-refractivity contribution in [1.29, 1.82) is 10.5 Å². The molecule has 0 bridgehead atoms. The van der Waals surface area contributed by atoms with Gasteiger partial charge in [0.05, 0.1) is 11.1 Å². The Kier molecular flexibility index (Phi) is 14.4. The molecule has 56 heavy (non-hydrogen) atoms. The van der Waals surface area contributed by atoms with E-state index < -0.39 is 11.9 Å². The van der Waals surface area contributed by atoms with Crippen LogP contribution in [0.2, 0.25) is 10.0 Å². The summed E-state index contributed by atoms with van der Waals surface area (Å²) in [6, 6.07) is 33.9. The minimum Gasteiger partial charge on any atom is -0.484 e. The summed E-state index contributed by atoms with van der Waals surface area (Å²) in [7, 11) is 0. The van der Waals surface area contributed by atoms with E-state index in [2.05, 4.69) is 21.9 Å². The number of benzene rings is 4. The maximum Gasteiger partial charge on any atom is 0.331 e. The Morgan fingerprint density at radius 1 is 0.661 bits per heavy atom. The molecule has 0 aromatic heterocycles. The van der Waals surface area contributed by atoms with Gasteiger partial charge in [-0.15, -0.1) is 0 Å². The molecule has 0 spiro atoms. The first-order valence-electron chi connectivity index (χ1n) is 18.6. The fraction of sp³-hybridized carbons (Fsp3) is 0.318. The Hall–Kier alpha value is -5.36. The number of esters is 2. The molecule has 288 valence electrons. The van der Waals surface area contributed by atoms with Crippen molar-refractivity contribution in [3.8, 4) is 23.6 Å². The lowest BCUT2D eigenvalue weighted by molar-refractivity contribution is -0.145. The molecule has 0 unspecified atom stereocenters. The lowest BCUT2D eigenvalue weighted by Crippen LogP contribution is -2.27. The van der Waals surface area contributed by atoms with Crippen molar-refractivity contribution in [2.75, 3.05) is 39.3 Å². The van der Waals surface area contributed by atoms with Crippen molar-refractivity contribution in [3.05, 3.63) is 142 Å². The second-order valence-corrected chi connectivity index (χ2v) is 14.6. The Balaban J connectivity index is 0.934. The molecular formula is C44H42Cl2N4O6. The molecular weight excluding hydrogens is 751 g/mol. The largest absolute Gasteiger partial charge is 0.484 e. The van der Waals surface area contributed by atoms with E-state index in [0.717, 1.165) is 36.4 Å². The van der Waals surface area contributed by atoms with Gasteiger partial charge in [-0.1, -0.05) is 83.9 Å². The summed E-state index contributed by atoms with van der Waals surface area (Å²) in [5.41, 5.74) is 2.78. The first-order valence-corrected chi connectivity index (χ1v) is 19.4. The van der Waals surface area contributed by atoms with Crippen molar-refractivity contribution >= 4 is 35.1 Å². The summed E-state index contributed by atoms with van der Waals surface area (Å²) in [4.78, 5) is 29.7. The van der Waals surface area contributed by atoms with Crippen LogP contribution in [0.25, 0.3) is 0 Å². The Morgan fingerprint density at radius 2 is 1.07 bits per heavy atom. The molecule has 2 aliphatic rings. The summed E-state index contributed by atoms with van der Waals surface area (Å²) in [5.74, 6) is -0.323. The highest BCUT2D eigenvalue weighted by Gasteiger charge is 2.28. The summed E-state index contributed by atoms with van der Waals surface area (Å²) >= 11 is 12.4. The molecule has 10 nitrogen and oxygen atoms in total. The quantitative estimate of drug-likeness (QED) is 0.0809. The number of nitriles is 2. The van der Waals surface area contributed by atoms with Crippen LogP contribution in [0.4, 0.5) is 0 Å². The van der Waals surface area contributed by atoms with Crippen molar-refractivity contribution in [2.45, 2.75) is 50.1 Å². The number of nitrogens with zero attached hydrogens (tertiary/aromatic N) is 4. The minimum absolute atomic E-state index is 0.310. The third-order valence-corrected chi connectivity index (χ3v) is 10.3. The third-order valence-electron chi connectivity index (χ3n) is 9.80. The second kappa shape index (κ2) is 20.0. The van der Waals surface area contributed by atoms with Crippen LogP contribution >= 0.6 is 23.2 Å². The lowest BCUT2D eigenvalue weighted by atomic mass is 10.1. The molecule has 4 atom stereocenters. The van der Waals surface area contributed by atoms with Gasteiger partial charge >= 0.3 is 11.9 Å². The van der Waals surface area contributed by atoms with Crippen molar-refractivity contribution < 1.29 is 28.5 Å². The van der Waals surface area contributed by atoms with Gasteiger partial charge in [-0.25, -0.2) is 9.59 Å². The number of rotatable bonds is 16. The maximum absolute atomic E-state index is 12.7. The van der Waals surface area contributed by atoms with E-state index in [1.807, 2.05) is 60.7 Å². The number of carbonyl (C=O) groups is 2. The third kappa shape index (κ3) is 11.6. The van der Waals surface area contributed by atoms with Gasteiger partial charge in [0, 0.05) is 86.4 Å². The van der Waals surface area contributed by atoms with Gasteiger partial charge in [-0.2, -0.15) is 10.5 Å². The van der Waals surface area contributed by atoms with Gasteiger partial charge in [0.2, 0.25) is 0 Å². The summed E-state index contributed by atoms with van der Waals surface area (Å²) in [5, 5.41) is 20.1. The first kappa shape index (κ1) is 40.3. The number of carbonyl (C=O) groups excluding carboxylic acids is 2. The van der Waals surface area contributed by atoms with Crippen LogP contribution in [0, 0.1) is 22.7 Å². The average molecular weight is 794 g/mol. The number of ether oxygens (including phenoxy) is 4. The average Bonchev–Trinajstić information content (AvgIpc) is 3.86. The highest BCUT2D eigenvalue weighted by molar-refractivity contribution is 6.31. The number of hydrogen-bond acceptors (Lipinski definition) is 10. The molecule has 12 heteroatoms. The predicted octanol–water partition coefficient (Wildman–Crippen LogP) is 8.25. The van der Waals surface area contributed by atoms with Crippen LogP contribution in [-0.2, 0) is 19.1 Å². The number of likely N-dealkylation sites (tertiary alicyclic amines) is 2.